The lowest BCUT2D eigenvalue weighted by atomic mass is 10.1. The lowest BCUT2D eigenvalue weighted by Crippen LogP contribution is -2.44. The minimum absolute atomic E-state index is 0.705. The molecule has 1 saturated heterocycles. The van der Waals surface area contributed by atoms with Crippen molar-refractivity contribution in [1.29, 1.82) is 5.26 Å². The Kier molecular flexibility index (Phi) is 5.58. The van der Waals surface area contributed by atoms with Crippen LogP contribution in [0.5, 0.6) is 0 Å². The van der Waals surface area contributed by atoms with Crippen LogP contribution in [0.4, 0.5) is 0 Å². The first-order chi connectivity index (χ1) is 6.84. The summed E-state index contributed by atoms with van der Waals surface area (Å²) in [5.41, 5.74) is 0. The molecule has 1 atom stereocenters. The topological polar surface area (TPSA) is 39.1 Å². The van der Waals surface area contributed by atoms with E-state index in [1.54, 1.807) is 0 Å². The van der Waals surface area contributed by atoms with E-state index in [2.05, 4.69) is 23.3 Å². The number of piperidine rings is 1. The van der Waals surface area contributed by atoms with Crippen molar-refractivity contribution in [1.82, 2.24) is 10.2 Å². The molecule has 0 aromatic heterocycles. The Labute approximate surface area is 87.1 Å². The second-order valence-electron chi connectivity index (χ2n) is 4.10. The third-order valence-electron chi connectivity index (χ3n) is 2.94. The Balaban J connectivity index is 2.07. The van der Waals surface area contributed by atoms with Crippen LogP contribution in [0.2, 0.25) is 0 Å². The number of nitrogens with one attached hydrogen (secondary N) is 1. The molecule has 0 bridgehead atoms. The molecule has 1 unspecified atom stereocenters. The molecule has 0 aliphatic carbocycles. The van der Waals surface area contributed by atoms with E-state index >= 15 is 0 Å². The number of rotatable bonds is 5. The summed E-state index contributed by atoms with van der Waals surface area (Å²) in [6, 6.07) is 2.90. The van der Waals surface area contributed by atoms with Gasteiger partial charge in [-0.25, -0.2) is 0 Å². The average molecular weight is 195 g/mol. The van der Waals surface area contributed by atoms with Gasteiger partial charge in [0.05, 0.1) is 6.07 Å². The van der Waals surface area contributed by atoms with Gasteiger partial charge in [0.25, 0.3) is 0 Å². The van der Waals surface area contributed by atoms with E-state index in [4.69, 9.17) is 5.26 Å². The lowest BCUT2D eigenvalue weighted by molar-refractivity contribution is 0.200. The quantitative estimate of drug-likeness (QED) is 0.673. The van der Waals surface area contributed by atoms with Gasteiger partial charge in [0, 0.05) is 19.0 Å². The standard InChI is InChI=1S/C11H21N3/c1-14(9-4-2-3-7-12)11-6-5-8-13-10-11/h11,13H,2-6,8-10H2,1H3. The van der Waals surface area contributed by atoms with Gasteiger partial charge in [-0.05, 0) is 45.8 Å². The van der Waals surface area contributed by atoms with Crippen molar-refractivity contribution in [3.63, 3.8) is 0 Å². The summed E-state index contributed by atoms with van der Waals surface area (Å²) in [6.45, 7) is 3.45. The molecule has 14 heavy (non-hydrogen) atoms. The van der Waals surface area contributed by atoms with E-state index in [1.165, 1.54) is 19.4 Å². The maximum atomic E-state index is 8.41. The Hall–Kier alpha value is -0.590. The van der Waals surface area contributed by atoms with Crippen molar-refractivity contribution in [3.05, 3.63) is 0 Å². The van der Waals surface area contributed by atoms with E-state index in [0.717, 1.165) is 25.9 Å². The van der Waals surface area contributed by atoms with Gasteiger partial charge in [-0.1, -0.05) is 0 Å². The number of nitriles is 1. The van der Waals surface area contributed by atoms with Gasteiger partial charge >= 0.3 is 0 Å². The van der Waals surface area contributed by atoms with Crippen LogP contribution in [0, 0.1) is 11.3 Å². The fraction of sp³-hybridized carbons (Fsp3) is 0.909. The monoisotopic (exact) mass is 195 g/mol. The van der Waals surface area contributed by atoms with E-state index < -0.39 is 0 Å². The van der Waals surface area contributed by atoms with Crippen molar-refractivity contribution in [2.24, 2.45) is 0 Å². The molecule has 1 N–H and O–H groups in total. The first-order valence-corrected chi connectivity index (χ1v) is 5.62. The zero-order valence-electron chi connectivity index (χ0n) is 9.13. The SMILES string of the molecule is CN(CCCCC#N)C1CCCNC1. The van der Waals surface area contributed by atoms with E-state index in [-0.39, 0.29) is 0 Å². The maximum Gasteiger partial charge on any atom is 0.0621 e. The van der Waals surface area contributed by atoms with Crippen molar-refractivity contribution in [2.75, 3.05) is 26.7 Å². The van der Waals surface area contributed by atoms with E-state index in [9.17, 15) is 0 Å². The van der Waals surface area contributed by atoms with Gasteiger partial charge in [-0.15, -0.1) is 0 Å². The molecular formula is C11H21N3. The van der Waals surface area contributed by atoms with Crippen LogP contribution in [0.1, 0.15) is 32.1 Å². The molecule has 0 spiro atoms. The molecule has 1 fully saturated rings. The molecule has 1 aliphatic heterocycles. The number of unbranched alkanes of at least 4 members (excludes halogenated alkanes) is 2. The summed E-state index contributed by atoms with van der Waals surface area (Å²) in [7, 11) is 2.20. The largest absolute Gasteiger partial charge is 0.315 e. The summed E-state index contributed by atoms with van der Waals surface area (Å²) in [5.74, 6) is 0. The number of hydrogen-bond donors (Lipinski definition) is 1. The van der Waals surface area contributed by atoms with Crippen molar-refractivity contribution in [3.8, 4) is 6.07 Å². The highest BCUT2D eigenvalue weighted by molar-refractivity contribution is 4.76. The van der Waals surface area contributed by atoms with Crippen LogP contribution in [0.15, 0.2) is 0 Å². The van der Waals surface area contributed by atoms with E-state index in [1.807, 2.05) is 0 Å². The van der Waals surface area contributed by atoms with Gasteiger partial charge in [-0.3, -0.25) is 0 Å². The third kappa shape index (κ3) is 4.08. The number of nitrogens with zero attached hydrogens (tertiary/aromatic N) is 2. The van der Waals surface area contributed by atoms with Crippen LogP contribution >= 0.6 is 0 Å². The summed E-state index contributed by atoms with van der Waals surface area (Å²) >= 11 is 0. The zero-order chi connectivity index (χ0) is 10.2. The molecule has 1 heterocycles. The molecule has 3 nitrogen and oxygen atoms in total. The number of likely N-dealkylation sites (N-methyl/N-ethyl adjacent to an activating group) is 1. The highest BCUT2D eigenvalue weighted by Gasteiger charge is 2.16. The van der Waals surface area contributed by atoms with Gasteiger partial charge in [0.1, 0.15) is 0 Å². The average Bonchev–Trinajstić information content (AvgIpc) is 2.25. The highest BCUT2D eigenvalue weighted by Crippen LogP contribution is 2.09. The van der Waals surface area contributed by atoms with E-state index in [0.29, 0.717) is 12.5 Å². The Morgan fingerprint density at radius 2 is 2.36 bits per heavy atom. The van der Waals surface area contributed by atoms with Gasteiger partial charge in [0.2, 0.25) is 0 Å². The molecule has 0 aromatic rings. The van der Waals surface area contributed by atoms with Crippen LogP contribution in [-0.4, -0.2) is 37.6 Å². The second-order valence-corrected chi connectivity index (χ2v) is 4.10. The van der Waals surface area contributed by atoms with Crippen molar-refractivity contribution >= 4 is 0 Å². The predicted octanol–water partition coefficient (Wildman–Crippen LogP) is 1.36. The first kappa shape index (κ1) is 11.5. The lowest BCUT2D eigenvalue weighted by Gasteiger charge is -2.31. The van der Waals surface area contributed by atoms with Gasteiger partial charge < -0.3 is 10.2 Å². The minimum Gasteiger partial charge on any atom is -0.315 e. The molecular weight excluding hydrogens is 174 g/mol. The maximum absolute atomic E-state index is 8.41. The summed E-state index contributed by atoms with van der Waals surface area (Å²) in [4.78, 5) is 2.43. The van der Waals surface area contributed by atoms with Crippen molar-refractivity contribution < 1.29 is 0 Å². The van der Waals surface area contributed by atoms with Gasteiger partial charge in [0.15, 0.2) is 0 Å². The molecule has 0 saturated carbocycles. The zero-order valence-corrected chi connectivity index (χ0v) is 9.13. The number of hydrogen-bond acceptors (Lipinski definition) is 3. The van der Waals surface area contributed by atoms with Crippen LogP contribution in [0.3, 0.4) is 0 Å². The van der Waals surface area contributed by atoms with Crippen molar-refractivity contribution in [2.45, 2.75) is 38.1 Å². The smallest absolute Gasteiger partial charge is 0.0621 e. The fourth-order valence-electron chi connectivity index (χ4n) is 1.96. The molecule has 80 valence electrons. The summed E-state index contributed by atoms with van der Waals surface area (Å²) in [6.07, 6.45) is 5.52. The van der Waals surface area contributed by atoms with Crippen LogP contribution < -0.4 is 5.32 Å². The Morgan fingerprint density at radius 3 is 3.00 bits per heavy atom. The molecule has 1 rings (SSSR count). The molecule has 1 aliphatic rings. The summed E-state index contributed by atoms with van der Waals surface area (Å²) in [5, 5.41) is 11.8. The first-order valence-electron chi connectivity index (χ1n) is 5.62. The van der Waals surface area contributed by atoms with Crippen LogP contribution in [-0.2, 0) is 0 Å². The predicted molar refractivity (Wildman–Crippen MR) is 58.0 cm³/mol. The Bertz CT molecular complexity index is 179. The third-order valence-corrected chi connectivity index (χ3v) is 2.94. The fourth-order valence-corrected chi connectivity index (χ4v) is 1.96. The minimum atomic E-state index is 0.705. The highest BCUT2D eigenvalue weighted by atomic mass is 15.1. The molecule has 3 heteroatoms. The Morgan fingerprint density at radius 1 is 1.50 bits per heavy atom. The normalized spacial score (nSPS) is 22.2. The summed E-state index contributed by atoms with van der Waals surface area (Å²) < 4.78 is 0. The molecule has 0 radical (unpaired) electrons. The van der Waals surface area contributed by atoms with Crippen LogP contribution in [0.25, 0.3) is 0 Å². The molecule has 0 aromatic carbocycles. The van der Waals surface area contributed by atoms with Gasteiger partial charge in [-0.2, -0.15) is 5.26 Å². The second kappa shape index (κ2) is 6.80. The molecule has 0 amide bonds.